The van der Waals surface area contributed by atoms with Gasteiger partial charge in [0, 0.05) is 9.90 Å². The summed E-state index contributed by atoms with van der Waals surface area (Å²) < 4.78 is 1.60. The molecule has 1 aromatic carbocycles. The maximum atomic E-state index is 12.4. The van der Waals surface area contributed by atoms with Gasteiger partial charge in [0.15, 0.2) is 0 Å². The molecule has 7 heteroatoms. The lowest BCUT2D eigenvalue weighted by Gasteiger charge is -2.06. The van der Waals surface area contributed by atoms with Crippen LogP contribution in [-0.2, 0) is 13.1 Å². The number of amides is 1. The molecule has 2 aromatic heterocycles. The first-order valence-electron chi connectivity index (χ1n) is 7.33. The number of hydrogen-bond acceptors (Lipinski definition) is 3. The molecule has 0 unspecified atom stereocenters. The summed E-state index contributed by atoms with van der Waals surface area (Å²) in [6, 6.07) is 11.4. The predicted octanol–water partition coefficient (Wildman–Crippen LogP) is 4.54. The van der Waals surface area contributed by atoms with Crippen molar-refractivity contribution in [3.8, 4) is 0 Å². The van der Waals surface area contributed by atoms with Crippen LogP contribution >= 0.6 is 34.5 Å². The molecule has 1 amide bonds. The molecule has 0 aliphatic carbocycles. The molecule has 4 nitrogen and oxygen atoms in total. The van der Waals surface area contributed by atoms with E-state index in [4.69, 9.17) is 23.2 Å². The van der Waals surface area contributed by atoms with Crippen molar-refractivity contribution in [3.63, 3.8) is 0 Å². The van der Waals surface area contributed by atoms with Crippen LogP contribution in [0.2, 0.25) is 10.2 Å². The Bertz CT molecular complexity index is 859. The van der Waals surface area contributed by atoms with E-state index in [1.807, 2.05) is 41.8 Å². The third kappa shape index (κ3) is 3.64. The van der Waals surface area contributed by atoms with Gasteiger partial charge in [-0.1, -0.05) is 47.5 Å². The Morgan fingerprint density at radius 2 is 2.04 bits per heavy atom. The van der Waals surface area contributed by atoms with Crippen molar-refractivity contribution in [2.75, 3.05) is 0 Å². The van der Waals surface area contributed by atoms with Crippen LogP contribution in [0, 0.1) is 6.92 Å². The lowest BCUT2D eigenvalue weighted by Crippen LogP contribution is -2.23. The number of nitrogens with zero attached hydrogens (tertiary/aromatic N) is 2. The summed E-state index contributed by atoms with van der Waals surface area (Å²) in [7, 11) is 0. The lowest BCUT2D eigenvalue weighted by molar-refractivity contribution is 0.0951. The number of carbonyl (C=O) groups is 1. The van der Waals surface area contributed by atoms with E-state index in [0.717, 1.165) is 10.4 Å². The fourth-order valence-corrected chi connectivity index (χ4v) is 3.53. The summed E-state index contributed by atoms with van der Waals surface area (Å²) >= 11 is 14.2. The zero-order valence-corrected chi connectivity index (χ0v) is 15.3. The Kier molecular flexibility index (Phi) is 5.23. The van der Waals surface area contributed by atoms with E-state index in [0.29, 0.717) is 34.5 Å². The molecule has 0 aliphatic rings. The summed E-state index contributed by atoms with van der Waals surface area (Å²) in [5, 5.41) is 10.2. The van der Waals surface area contributed by atoms with Gasteiger partial charge in [-0.15, -0.1) is 11.3 Å². The molecule has 0 fully saturated rings. The van der Waals surface area contributed by atoms with Gasteiger partial charge in [-0.25, -0.2) is 4.68 Å². The molecule has 124 valence electrons. The molecular weight excluding hydrogens is 365 g/mol. The van der Waals surface area contributed by atoms with Gasteiger partial charge in [-0.2, -0.15) is 5.10 Å². The van der Waals surface area contributed by atoms with Crippen LogP contribution in [0.5, 0.6) is 0 Å². The van der Waals surface area contributed by atoms with E-state index in [1.54, 1.807) is 22.9 Å². The monoisotopic (exact) mass is 379 g/mol. The number of benzene rings is 1. The van der Waals surface area contributed by atoms with Crippen LogP contribution in [-0.4, -0.2) is 15.7 Å². The topological polar surface area (TPSA) is 46.9 Å². The van der Waals surface area contributed by atoms with Crippen LogP contribution in [0.3, 0.4) is 0 Å². The highest BCUT2D eigenvalue weighted by Gasteiger charge is 2.20. The van der Waals surface area contributed by atoms with Gasteiger partial charge < -0.3 is 5.32 Å². The zero-order valence-electron chi connectivity index (χ0n) is 12.9. The molecule has 0 spiro atoms. The number of aromatic nitrogens is 2. The maximum absolute atomic E-state index is 12.4. The normalized spacial score (nSPS) is 10.8. The van der Waals surface area contributed by atoms with E-state index in [9.17, 15) is 4.79 Å². The standard InChI is InChI=1S/C17H15Cl2N3OS/c1-11-15(17(23)20-9-13-6-4-8-24-13)16(19)22(21-11)10-12-5-2-3-7-14(12)18/h2-8H,9-10H2,1H3,(H,20,23). The second-order valence-electron chi connectivity index (χ2n) is 5.26. The SMILES string of the molecule is Cc1nn(Cc2ccccc2Cl)c(Cl)c1C(=O)NCc1cccs1. The molecule has 1 N–H and O–H groups in total. The quantitative estimate of drug-likeness (QED) is 0.707. The van der Waals surface area contributed by atoms with Crippen LogP contribution in [0.1, 0.15) is 26.5 Å². The molecule has 0 atom stereocenters. The average Bonchev–Trinajstić information content (AvgIpc) is 3.16. The van der Waals surface area contributed by atoms with Gasteiger partial charge in [-0.05, 0) is 30.0 Å². The minimum absolute atomic E-state index is 0.226. The van der Waals surface area contributed by atoms with Crippen molar-refractivity contribution < 1.29 is 4.79 Å². The highest BCUT2D eigenvalue weighted by atomic mass is 35.5. The molecule has 24 heavy (non-hydrogen) atoms. The summed E-state index contributed by atoms with van der Waals surface area (Å²) in [4.78, 5) is 13.5. The van der Waals surface area contributed by atoms with Crippen molar-refractivity contribution in [1.29, 1.82) is 0 Å². The smallest absolute Gasteiger partial charge is 0.256 e. The molecule has 0 saturated carbocycles. The Labute approximate surface area is 154 Å². The Morgan fingerprint density at radius 3 is 2.75 bits per heavy atom. The highest BCUT2D eigenvalue weighted by molar-refractivity contribution is 7.09. The molecule has 0 radical (unpaired) electrons. The fourth-order valence-electron chi connectivity index (χ4n) is 2.37. The lowest BCUT2D eigenvalue weighted by atomic mass is 10.2. The van der Waals surface area contributed by atoms with Crippen molar-refractivity contribution in [3.05, 3.63) is 73.7 Å². The molecule has 3 rings (SSSR count). The first kappa shape index (κ1) is 17.0. The predicted molar refractivity (Wildman–Crippen MR) is 98.0 cm³/mol. The molecule has 0 bridgehead atoms. The second-order valence-corrected chi connectivity index (χ2v) is 7.06. The first-order valence-corrected chi connectivity index (χ1v) is 8.96. The summed E-state index contributed by atoms with van der Waals surface area (Å²) in [6.07, 6.45) is 0. The van der Waals surface area contributed by atoms with E-state index < -0.39 is 0 Å². The van der Waals surface area contributed by atoms with Crippen molar-refractivity contribution in [2.45, 2.75) is 20.0 Å². The minimum atomic E-state index is -0.226. The van der Waals surface area contributed by atoms with E-state index >= 15 is 0 Å². The van der Waals surface area contributed by atoms with E-state index in [1.165, 1.54) is 0 Å². The Balaban J connectivity index is 1.78. The van der Waals surface area contributed by atoms with Crippen molar-refractivity contribution in [1.82, 2.24) is 15.1 Å². The maximum Gasteiger partial charge on any atom is 0.256 e. The van der Waals surface area contributed by atoms with E-state index in [2.05, 4.69) is 10.4 Å². The minimum Gasteiger partial charge on any atom is -0.347 e. The summed E-state index contributed by atoms with van der Waals surface area (Å²) in [6.45, 7) is 2.66. The van der Waals surface area contributed by atoms with Crippen LogP contribution in [0.4, 0.5) is 0 Å². The van der Waals surface area contributed by atoms with E-state index in [-0.39, 0.29) is 5.91 Å². The fraction of sp³-hybridized carbons (Fsp3) is 0.176. The van der Waals surface area contributed by atoms with Crippen LogP contribution < -0.4 is 5.32 Å². The third-order valence-electron chi connectivity index (χ3n) is 3.57. The number of hydrogen-bond donors (Lipinski definition) is 1. The van der Waals surface area contributed by atoms with Crippen LogP contribution in [0.15, 0.2) is 41.8 Å². The van der Waals surface area contributed by atoms with Gasteiger partial charge >= 0.3 is 0 Å². The number of nitrogens with one attached hydrogen (secondary N) is 1. The number of carbonyl (C=O) groups excluding carboxylic acids is 1. The third-order valence-corrected chi connectivity index (χ3v) is 5.20. The number of rotatable bonds is 5. The zero-order chi connectivity index (χ0) is 17.1. The molecule has 2 heterocycles. The number of aryl methyl sites for hydroxylation is 1. The number of thiophene rings is 1. The molecular formula is C17H15Cl2N3OS. The largest absolute Gasteiger partial charge is 0.347 e. The van der Waals surface area contributed by atoms with Crippen LogP contribution in [0.25, 0.3) is 0 Å². The van der Waals surface area contributed by atoms with Gasteiger partial charge in [0.2, 0.25) is 0 Å². The van der Waals surface area contributed by atoms with Crippen molar-refractivity contribution >= 4 is 40.4 Å². The highest BCUT2D eigenvalue weighted by Crippen LogP contribution is 2.23. The van der Waals surface area contributed by atoms with Gasteiger partial charge in [0.25, 0.3) is 5.91 Å². The van der Waals surface area contributed by atoms with Gasteiger partial charge in [-0.3, -0.25) is 4.79 Å². The first-order chi connectivity index (χ1) is 11.6. The number of halogens is 2. The van der Waals surface area contributed by atoms with Crippen molar-refractivity contribution in [2.24, 2.45) is 0 Å². The van der Waals surface area contributed by atoms with Gasteiger partial charge in [0.1, 0.15) is 5.15 Å². The Morgan fingerprint density at radius 1 is 1.25 bits per heavy atom. The molecule has 0 saturated heterocycles. The summed E-state index contributed by atoms with van der Waals surface area (Å²) in [5.41, 5.74) is 1.89. The average molecular weight is 380 g/mol. The Hall–Kier alpha value is -1.82. The molecule has 3 aromatic rings. The second kappa shape index (κ2) is 7.38. The summed E-state index contributed by atoms with van der Waals surface area (Å²) in [5.74, 6) is -0.226. The van der Waals surface area contributed by atoms with Gasteiger partial charge in [0.05, 0.1) is 24.3 Å². The molecule has 0 aliphatic heterocycles.